The Kier molecular flexibility index (Phi) is 3.26. The van der Waals surface area contributed by atoms with Crippen LogP contribution in [0, 0.1) is 0 Å². The Bertz CT molecular complexity index is 263. The molecule has 0 spiro atoms. The van der Waals surface area contributed by atoms with E-state index in [-0.39, 0.29) is 5.54 Å². The van der Waals surface area contributed by atoms with E-state index >= 15 is 0 Å². The van der Waals surface area contributed by atoms with Crippen LogP contribution in [0.3, 0.4) is 0 Å². The fraction of sp³-hybridized carbons (Fsp3) is 0.909. The number of likely N-dealkylation sites (tertiary alicyclic amines) is 1. The summed E-state index contributed by atoms with van der Waals surface area (Å²) in [5, 5.41) is 4.64. The van der Waals surface area contributed by atoms with E-state index in [1.54, 1.807) is 0 Å². The minimum atomic E-state index is 0.226. The summed E-state index contributed by atoms with van der Waals surface area (Å²) in [6, 6.07) is 0.507. The quantitative estimate of drug-likeness (QED) is 0.736. The van der Waals surface area contributed by atoms with Crippen LogP contribution in [0.15, 0.2) is 4.99 Å². The van der Waals surface area contributed by atoms with E-state index in [0.717, 1.165) is 17.5 Å². The first-order valence-corrected chi connectivity index (χ1v) is 6.71. The summed E-state index contributed by atoms with van der Waals surface area (Å²) in [6.07, 6.45) is 2.53. The Morgan fingerprint density at radius 3 is 2.93 bits per heavy atom. The van der Waals surface area contributed by atoms with E-state index in [9.17, 15) is 0 Å². The second-order valence-electron chi connectivity index (χ2n) is 5.29. The standard InChI is InChI=1S/C11H21N3S/c1-11(2)8-15-10(13-11)12-9-5-4-6-14(3)7-9/h9H,4-8H2,1-3H3,(H,12,13). The van der Waals surface area contributed by atoms with Gasteiger partial charge in [-0.3, -0.25) is 4.99 Å². The molecule has 0 amide bonds. The molecule has 2 aliphatic heterocycles. The smallest absolute Gasteiger partial charge is 0.157 e. The van der Waals surface area contributed by atoms with E-state index < -0.39 is 0 Å². The number of nitrogens with one attached hydrogen (secondary N) is 1. The van der Waals surface area contributed by atoms with Gasteiger partial charge < -0.3 is 10.2 Å². The van der Waals surface area contributed by atoms with Crippen molar-refractivity contribution in [1.29, 1.82) is 0 Å². The molecule has 0 radical (unpaired) electrons. The van der Waals surface area contributed by atoms with Gasteiger partial charge in [0.05, 0.1) is 6.04 Å². The Balaban J connectivity index is 1.93. The first kappa shape index (κ1) is 11.3. The maximum Gasteiger partial charge on any atom is 0.157 e. The molecule has 2 heterocycles. The number of nitrogens with zero attached hydrogens (tertiary/aromatic N) is 2. The van der Waals surface area contributed by atoms with Crippen molar-refractivity contribution in [3.8, 4) is 0 Å². The summed E-state index contributed by atoms with van der Waals surface area (Å²) >= 11 is 1.86. The molecule has 2 saturated heterocycles. The predicted molar refractivity (Wildman–Crippen MR) is 67.6 cm³/mol. The maximum absolute atomic E-state index is 4.81. The van der Waals surface area contributed by atoms with Crippen LogP contribution in [0.4, 0.5) is 0 Å². The number of hydrogen-bond donors (Lipinski definition) is 1. The molecule has 2 fully saturated rings. The summed E-state index contributed by atoms with van der Waals surface area (Å²) in [5.74, 6) is 1.13. The highest BCUT2D eigenvalue weighted by atomic mass is 32.2. The lowest BCUT2D eigenvalue weighted by Crippen LogP contribution is -2.39. The van der Waals surface area contributed by atoms with Crippen molar-refractivity contribution >= 4 is 16.9 Å². The third-order valence-electron chi connectivity index (χ3n) is 2.91. The van der Waals surface area contributed by atoms with Crippen LogP contribution in [0.2, 0.25) is 0 Å². The van der Waals surface area contributed by atoms with E-state index in [0.29, 0.717) is 6.04 Å². The molecule has 1 N–H and O–H groups in total. The summed E-state index contributed by atoms with van der Waals surface area (Å²) in [6.45, 7) is 6.81. The minimum absolute atomic E-state index is 0.226. The highest BCUT2D eigenvalue weighted by molar-refractivity contribution is 8.14. The molecule has 0 aromatic rings. The average Bonchev–Trinajstić information content (AvgIpc) is 2.45. The van der Waals surface area contributed by atoms with Gasteiger partial charge in [0.2, 0.25) is 0 Å². The van der Waals surface area contributed by atoms with Crippen molar-refractivity contribution in [1.82, 2.24) is 10.2 Å². The van der Waals surface area contributed by atoms with Crippen molar-refractivity contribution in [3.05, 3.63) is 0 Å². The third-order valence-corrected chi connectivity index (χ3v) is 4.26. The number of thioether (sulfide) groups is 1. The second kappa shape index (κ2) is 4.34. The summed E-state index contributed by atoms with van der Waals surface area (Å²) < 4.78 is 0. The molecule has 2 rings (SSSR count). The number of hydrogen-bond acceptors (Lipinski definition) is 3. The first-order valence-electron chi connectivity index (χ1n) is 5.72. The van der Waals surface area contributed by atoms with Crippen molar-refractivity contribution < 1.29 is 0 Å². The molecule has 0 aromatic carbocycles. The van der Waals surface area contributed by atoms with Crippen molar-refractivity contribution in [2.24, 2.45) is 4.99 Å². The lowest BCUT2D eigenvalue weighted by molar-refractivity contribution is 0.253. The molecule has 0 bridgehead atoms. The van der Waals surface area contributed by atoms with Gasteiger partial charge in [-0.25, -0.2) is 0 Å². The topological polar surface area (TPSA) is 27.6 Å². The van der Waals surface area contributed by atoms with Gasteiger partial charge in [0.1, 0.15) is 0 Å². The van der Waals surface area contributed by atoms with Gasteiger partial charge in [-0.05, 0) is 40.3 Å². The molecule has 0 saturated carbocycles. The molecule has 0 aromatic heterocycles. The Hall–Kier alpha value is -0.220. The van der Waals surface area contributed by atoms with Gasteiger partial charge in [0, 0.05) is 17.8 Å². The van der Waals surface area contributed by atoms with E-state index in [1.165, 1.54) is 19.4 Å². The molecule has 0 aliphatic carbocycles. The highest BCUT2D eigenvalue weighted by Gasteiger charge is 2.28. The van der Waals surface area contributed by atoms with Crippen LogP contribution in [-0.2, 0) is 0 Å². The zero-order valence-electron chi connectivity index (χ0n) is 9.92. The molecule has 15 heavy (non-hydrogen) atoms. The third kappa shape index (κ3) is 3.11. The van der Waals surface area contributed by atoms with Gasteiger partial charge in [0.15, 0.2) is 5.17 Å². The zero-order valence-corrected chi connectivity index (χ0v) is 10.7. The van der Waals surface area contributed by atoms with Crippen LogP contribution in [0.25, 0.3) is 0 Å². The minimum Gasteiger partial charge on any atom is -0.359 e. The van der Waals surface area contributed by atoms with Gasteiger partial charge in [-0.2, -0.15) is 0 Å². The van der Waals surface area contributed by atoms with Crippen LogP contribution in [-0.4, -0.2) is 47.5 Å². The first-order chi connectivity index (χ1) is 7.05. The SMILES string of the molecule is CN1CCCC(N=C2NC(C)(C)CS2)C1. The Labute approximate surface area is 96.7 Å². The molecular weight excluding hydrogens is 206 g/mol. The number of likely N-dealkylation sites (N-methyl/N-ethyl adjacent to an activating group) is 1. The molecule has 3 nitrogen and oxygen atoms in total. The van der Waals surface area contributed by atoms with Crippen LogP contribution in [0.1, 0.15) is 26.7 Å². The van der Waals surface area contributed by atoms with Gasteiger partial charge in [0.25, 0.3) is 0 Å². The number of aliphatic imine (C=N–C) groups is 1. The number of rotatable bonds is 1. The summed E-state index contributed by atoms with van der Waals surface area (Å²) in [7, 11) is 2.19. The Morgan fingerprint density at radius 1 is 1.53 bits per heavy atom. The molecule has 86 valence electrons. The molecule has 4 heteroatoms. The summed E-state index contributed by atoms with van der Waals surface area (Å²) in [5.41, 5.74) is 0.226. The Morgan fingerprint density at radius 2 is 2.33 bits per heavy atom. The predicted octanol–water partition coefficient (Wildman–Crippen LogP) is 1.55. The van der Waals surface area contributed by atoms with Crippen LogP contribution < -0.4 is 5.32 Å². The van der Waals surface area contributed by atoms with Gasteiger partial charge in [-0.1, -0.05) is 11.8 Å². The van der Waals surface area contributed by atoms with E-state index in [2.05, 4.69) is 31.1 Å². The summed E-state index contributed by atoms with van der Waals surface area (Å²) in [4.78, 5) is 7.19. The molecular formula is C11H21N3S. The van der Waals surface area contributed by atoms with Gasteiger partial charge >= 0.3 is 0 Å². The van der Waals surface area contributed by atoms with Crippen molar-refractivity contribution in [2.75, 3.05) is 25.9 Å². The lowest BCUT2D eigenvalue weighted by Gasteiger charge is -2.27. The van der Waals surface area contributed by atoms with E-state index in [4.69, 9.17) is 4.99 Å². The largest absolute Gasteiger partial charge is 0.359 e. The van der Waals surface area contributed by atoms with Crippen LogP contribution >= 0.6 is 11.8 Å². The highest BCUT2D eigenvalue weighted by Crippen LogP contribution is 2.23. The van der Waals surface area contributed by atoms with Crippen molar-refractivity contribution in [2.45, 2.75) is 38.3 Å². The lowest BCUT2D eigenvalue weighted by atomic mass is 10.1. The average molecular weight is 227 g/mol. The van der Waals surface area contributed by atoms with Crippen molar-refractivity contribution in [3.63, 3.8) is 0 Å². The fourth-order valence-electron chi connectivity index (χ4n) is 2.09. The van der Waals surface area contributed by atoms with Gasteiger partial charge in [-0.15, -0.1) is 0 Å². The monoisotopic (exact) mass is 227 g/mol. The zero-order chi connectivity index (χ0) is 10.9. The fourth-order valence-corrected chi connectivity index (χ4v) is 3.23. The second-order valence-corrected chi connectivity index (χ2v) is 6.25. The number of amidine groups is 1. The van der Waals surface area contributed by atoms with E-state index in [1.807, 2.05) is 11.8 Å². The normalized spacial score (nSPS) is 34.3. The molecule has 1 atom stereocenters. The number of piperidine rings is 1. The molecule has 1 unspecified atom stereocenters. The maximum atomic E-state index is 4.81. The van der Waals surface area contributed by atoms with Crippen LogP contribution in [0.5, 0.6) is 0 Å². The molecule has 2 aliphatic rings.